The van der Waals surface area contributed by atoms with Crippen LogP contribution in [0.5, 0.6) is 0 Å². The van der Waals surface area contributed by atoms with E-state index in [1.54, 1.807) is 12.3 Å². The van der Waals surface area contributed by atoms with Crippen molar-refractivity contribution in [1.82, 2.24) is 25.5 Å². The first-order chi connectivity index (χ1) is 13.5. The summed E-state index contributed by atoms with van der Waals surface area (Å²) in [5.74, 6) is 0.196. The minimum Gasteiger partial charge on any atom is -0.356 e. The van der Waals surface area contributed by atoms with Gasteiger partial charge in [0.05, 0.1) is 0 Å². The molecule has 0 saturated carbocycles. The van der Waals surface area contributed by atoms with E-state index in [2.05, 4.69) is 25.5 Å². The second-order valence-corrected chi connectivity index (χ2v) is 6.74. The van der Waals surface area contributed by atoms with Crippen LogP contribution in [0, 0.1) is 6.92 Å². The van der Waals surface area contributed by atoms with Crippen molar-refractivity contribution in [2.24, 2.45) is 0 Å². The van der Waals surface area contributed by atoms with Crippen LogP contribution in [-0.4, -0.2) is 32.6 Å². The summed E-state index contributed by atoms with van der Waals surface area (Å²) in [6, 6.07) is 11.1. The summed E-state index contributed by atoms with van der Waals surface area (Å²) in [7, 11) is 0. The maximum atomic E-state index is 12.2. The fourth-order valence-electron chi connectivity index (χ4n) is 2.59. The van der Waals surface area contributed by atoms with Gasteiger partial charge in [0, 0.05) is 48.3 Å². The highest BCUT2D eigenvalue weighted by atomic mass is 35.5. The van der Waals surface area contributed by atoms with Gasteiger partial charge < -0.3 is 10.3 Å². The van der Waals surface area contributed by atoms with Crippen LogP contribution in [-0.2, 0) is 17.6 Å². The zero-order chi connectivity index (χ0) is 19.9. The normalized spacial score (nSPS) is 10.6. The molecular weight excluding hydrogens is 378 g/mol. The first kappa shape index (κ1) is 19.7. The van der Waals surface area contributed by atoms with Gasteiger partial charge in [0.25, 0.3) is 5.56 Å². The molecule has 0 aliphatic heterocycles. The molecule has 0 fully saturated rings. The lowest BCUT2D eigenvalue weighted by Gasteiger charge is -2.06. The van der Waals surface area contributed by atoms with Crippen LogP contribution in [0.1, 0.15) is 23.4 Å². The van der Waals surface area contributed by atoms with Gasteiger partial charge in [0.15, 0.2) is 5.82 Å². The molecule has 0 radical (unpaired) electrons. The van der Waals surface area contributed by atoms with Gasteiger partial charge >= 0.3 is 0 Å². The molecule has 3 rings (SSSR count). The van der Waals surface area contributed by atoms with Crippen LogP contribution in [0.2, 0.25) is 5.02 Å². The van der Waals surface area contributed by atoms with Crippen molar-refractivity contribution in [3.8, 4) is 11.4 Å². The van der Waals surface area contributed by atoms with Crippen molar-refractivity contribution in [1.29, 1.82) is 0 Å². The van der Waals surface area contributed by atoms with Crippen LogP contribution in [0.25, 0.3) is 11.4 Å². The van der Waals surface area contributed by atoms with E-state index in [1.165, 1.54) is 0 Å². The first-order valence-electron chi connectivity index (χ1n) is 8.92. The number of halogens is 1. The molecule has 0 atom stereocenters. The minimum atomic E-state index is -0.358. The van der Waals surface area contributed by atoms with Crippen molar-refractivity contribution in [2.45, 2.75) is 26.2 Å². The maximum Gasteiger partial charge on any atom is 0.273 e. The Morgan fingerprint density at radius 3 is 2.75 bits per heavy atom. The lowest BCUT2D eigenvalue weighted by atomic mass is 10.1. The molecule has 2 heterocycles. The van der Waals surface area contributed by atoms with Gasteiger partial charge in [-0.15, -0.1) is 10.2 Å². The molecule has 0 aliphatic rings. The average molecular weight is 398 g/mol. The third-order valence-corrected chi connectivity index (χ3v) is 4.64. The van der Waals surface area contributed by atoms with Crippen molar-refractivity contribution >= 4 is 17.5 Å². The molecule has 2 aromatic heterocycles. The summed E-state index contributed by atoms with van der Waals surface area (Å²) in [6.45, 7) is 2.38. The van der Waals surface area contributed by atoms with Gasteiger partial charge in [0.1, 0.15) is 5.69 Å². The Hall–Kier alpha value is -3.06. The standard InChI is InChI=1S/C20H20ClN5O2/c1-13-5-6-14(12-16(13)21)19-24-20(28)17(25-26-19)7-8-18(27)23-11-9-15-4-2-3-10-22-15/h2-6,10,12H,7-9,11H2,1H3,(H,23,27)(H,24,26,28). The maximum absolute atomic E-state index is 12.2. The molecule has 28 heavy (non-hydrogen) atoms. The number of carbonyl (C=O) groups excluding carboxylic acids is 1. The second-order valence-electron chi connectivity index (χ2n) is 6.33. The molecule has 1 aromatic carbocycles. The molecule has 0 saturated heterocycles. The minimum absolute atomic E-state index is 0.147. The lowest BCUT2D eigenvalue weighted by molar-refractivity contribution is -0.121. The topological polar surface area (TPSA) is 101 Å². The number of amides is 1. The largest absolute Gasteiger partial charge is 0.356 e. The molecule has 1 amide bonds. The number of nitrogens with one attached hydrogen (secondary N) is 2. The zero-order valence-corrected chi connectivity index (χ0v) is 16.2. The SMILES string of the molecule is Cc1ccc(-c2nnc(CCC(=O)NCCc3ccccn3)c(=O)[nH]2)cc1Cl. The first-order valence-corrected chi connectivity index (χ1v) is 9.30. The number of aromatic nitrogens is 4. The number of rotatable bonds is 7. The Labute approximate surface area is 167 Å². The number of hydrogen-bond donors (Lipinski definition) is 2. The summed E-state index contributed by atoms with van der Waals surface area (Å²) in [6.07, 6.45) is 2.75. The number of aromatic amines is 1. The lowest BCUT2D eigenvalue weighted by Crippen LogP contribution is -2.27. The van der Waals surface area contributed by atoms with Crippen LogP contribution < -0.4 is 10.9 Å². The van der Waals surface area contributed by atoms with Crippen molar-refractivity contribution < 1.29 is 4.79 Å². The number of nitrogens with zero attached hydrogens (tertiary/aromatic N) is 3. The van der Waals surface area contributed by atoms with Crippen LogP contribution in [0.3, 0.4) is 0 Å². The van der Waals surface area contributed by atoms with Gasteiger partial charge in [-0.25, -0.2) is 0 Å². The smallest absolute Gasteiger partial charge is 0.273 e. The van der Waals surface area contributed by atoms with Crippen molar-refractivity contribution in [3.05, 3.63) is 74.9 Å². The number of H-pyrrole nitrogens is 1. The highest BCUT2D eigenvalue weighted by Crippen LogP contribution is 2.21. The van der Waals surface area contributed by atoms with E-state index < -0.39 is 0 Å². The molecule has 0 unspecified atom stereocenters. The summed E-state index contributed by atoms with van der Waals surface area (Å²) in [5.41, 5.74) is 2.40. The zero-order valence-electron chi connectivity index (χ0n) is 15.4. The van der Waals surface area contributed by atoms with Gasteiger partial charge in [-0.2, -0.15) is 0 Å². The number of hydrogen-bond acceptors (Lipinski definition) is 5. The third kappa shape index (κ3) is 5.23. The molecule has 144 valence electrons. The number of aryl methyl sites for hydroxylation is 2. The Morgan fingerprint density at radius 2 is 2.04 bits per heavy atom. The van der Waals surface area contributed by atoms with Gasteiger partial charge in [0.2, 0.25) is 5.91 Å². The van der Waals surface area contributed by atoms with E-state index in [0.29, 0.717) is 29.4 Å². The van der Waals surface area contributed by atoms with E-state index in [0.717, 1.165) is 11.3 Å². The fourth-order valence-corrected chi connectivity index (χ4v) is 2.77. The monoisotopic (exact) mass is 397 g/mol. The quantitative estimate of drug-likeness (QED) is 0.637. The van der Waals surface area contributed by atoms with E-state index in [1.807, 2.05) is 37.3 Å². The van der Waals surface area contributed by atoms with Crippen molar-refractivity contribution in [2.75, 3.05) is 6.54 Å². The fraction of sp³-hybridized carbons (Fsp3) is 0.250. The summed E-state index contributed by atoms with van der Waals surface area (Å²) < 4.78 is 0. The van der Waals surface area contributed by atoms with Crippen LogP contribution in [0.15, 0.2) is 47.4 Å². The van der Waals surface area contributed by atoms with Crippen molar-refractivity contribution in [3.63, 3.8) is 0 Å². The Kier molecular flexibility index (Phi) is 6.49. The summed E-state index contributed by atoms with van der Waals surface area (Å²) in [5, 5.41) is 11.4. The molecule has 8 heteroatoms. The molecular formula is C20H20ClN5O2. The van der Waals surface area contributed by atoms with E-state index in [9.17, 15) is 9.59 Å². The molecule has 7 nitrogen and oxygen atoms in total. The summed E-state index contributed by atoms with van der Waals surface area (Å²) >= 11 is 6.11. The molecule has 0 aliphatic carbocycles. The van der Waals surface area contributed by atoms with E-state index >= 15 is 0 Å². The molecule has 0 spiro atoms. The summed E-state index contributed by atoms with van der Waals surface area (Å²) in [4.78, 5) is 31.1. The van der Waals surface area contributed by atoms with Crippen LogP contribution >= 0.6 is 11.6 Å². The highest BCUT2D eigenvalue weighted by Gasteiger charge is 2.10. The highest BCUT2D eigenvalue weighted by molar-refractivity contribution is 6.31. The van der Waals surface area contributed by atoms with Gasteiger partial charge in [-0.3, -0.25) is 14.6 Å². The third-order valence-electron chi connectivity index (χ3n) is 4.23. The Morgan fingerprint density at radius 1 is 1.18 bits per heavy atom. The number of pyridine rings is 1. The average Bonchev–Trinajstić information content (AvgIpc) is 2.70. The molecule has 3 aromatic rings. The van der Waals surface area contributed by atoms with Crippen LogP contribution in [0.4, 0.5) is 0 Å². The van der Waals surface area contributed by atoms with E-state index in [4.69, 9.17) is 11.6 Å². The Bertz CT molecular complexity index is 1020. The van der Waals surface area contributed by atoms with Gasteiger partial charge in [-0.05, 0) is 30.7 Å². The molecule has 0 bridgehead atoms. The predicted octanol–water partition coefficient (Wildman–Crippen LogP) is 2.48. The Balaban J connectivity index is 1.53. The number of benzene rings is 1. The van der Waals surface area contributed by atoms with Gasteiger partial charge in [-0.1, -0.05) is 29.8 Å². The second kappa shape index (κ2) is 9.23. The predicted molar refractivity (Wildman–Crippen MR) is 107 cm³/mol. The van der Waals surface area contributed by atoms with E-state index in [-0.39, 0.29) is 30.0 Å². The number of carbonyl (C=O) groups is 1. The molecule has 2 N–H and O–H groups in total.